The Morgan fingerprint density at radius 1 is 1.05 bits per heavy atom. The number of carbonyl (C=O) groups excluding carboxylic acids is 4. The molecule has 0 spiro atoms. The van der Waals surface area contributed by atoms with Crippen LogP contribution in [0.25, 0.3) is 0 Å². The third kappa shape index (κ3) is 8.23. The van der Waals surface area contributed by atoms with E-state index in [0.29, 0.717) is 0 Å². The molecule has 2 N–H and O–H groups in total. The third-order valence-electron chi connectivity index (χ3n) is 2.75. The molecule has 0 radical (unpaired) electrons. The van der Waals surface area contributed by atoms with Gasteiger partial charge >= 0.3 is 12.1 Å². The Labute approximate surface area is 129 Å². The second kappa shape index (κ2) is 9.75. The molecule has 0 fully saturated rings. The Bertz CT molecular complexity index is 422. The first-order valence-electron chi connectivity index (χ1n) is 7.01. The minimum atomic E-state index is -0.762. The molecule has 8 heteroatoms. The molecule has 0 aromatic carbocycles. The summed E-state index contributed by atoms with van der Waals surface area (Å²) in [6, 6.07) is -0.762. The minimum Gasteiger partial charge on any atom is -0.468 e. The quantitative estimate of drug-likeness (QED) is 0.627. The molecule has 0 aliphatic carbocycles. The highest BCUT2D eigenvalue weighted by molar-refractivity contribution is 5.91. The van der Waals surface area contributed by atoms with Gasteiger partial charge in [-0.15, -0.1) is 0 Å². The van der Waals surface area contributed by atoms with Crippen molar-refractivity contribution in [2.45, 2.75) is 46.3 Å². The monoisotopic (exact) mass is 316 g/mol. The van der Waals surface area contributed by atoms with Crippen LogP contribution in [0.15, 0.2) is 0 Å². The van der Waals surface area contributed by atoms with Crippen molar-refractivity contribution in [1.82, 2.24) is 10.6 Å². The van der Waals surface area contributed by atoms with Gasteiger partial charge < -0.3 is 20.1 Å². The maximum absolute atomic E-state index is 11.9. The van der Waals surface area contributed by atoms with Crippen molar-refractivity contribution in [3.63, 3.8) is 0 Å². The van der Waals surface area contributed by atoms with Gasteiger partial charge in [-0.1, -0.05) is 6.92 Å². The van der Waals surface area contributed by atoms with Crippen LogP contribution in [0.2, 0.25) is 0 Å². The van der Waals surface area contributed by atoms with Crippen LogP contribution >= 0.6 is 0 Å². The van der Waals surface area contributed by atoms with Crippen LogP contribution < -0.4 is 10.6 Å². The summed E-state index contributed by atoms with van der Waals surface area (Å²) in [5.41, 5.74) is 0. The summed E-state index contributed by atoms with van der Waals surface area (Å²) in [5, 5.41) is 4.76. The summed E-state index contributed by atoms with van der Waals surface area (Å²) in [7, 11) is 1.21. The zero-order valence-corrected chi connectivity index (χ0v) is 13.6. The Kier molecular flexibility index (Phi) is 8.81. The number of nitrogens with one attached hydrogen (secondary N) is 2. The number of rotatable bonds is 8. The largest absolute Gasteiger partial charge is 0.468 e. The molecule has 0 rings (SSSR count). The lowest BCUT2D eigenvalue weighted by Gasteiger charge is -2.16. The number of ketones is 1. The van der Waals surface area contributed by atoms with Gasteiger partial charge in [-0.25, -0.2) is 4.79 Å². The number of Topliss-reactive ketones (excluding diaryl/α,β-unsaturated/α-hetero) is 1. The van der Waals surface area contributed by atoms with Crippen molar-refractivity contribution in [3.8, 4) is 0 Å². The Morgan fingerprint density at radius 3 is 2.14 bits per heavy atom. The number of hydrogen-bond donors (Lipinski definition) is 2. The van der Waals surface area contributed by atoms with Crippen molar-refractivity contribution >= 4 is 23.8 Å². The van der Waals surface area contributed by atoms with Crippen molar-refractivity contribution in [3.05, 3.63) is 0 Å². The Hall–Kier alpha value is -2.12. The van der Waals surface area contributed by atoms with Gasteiger partial charge in [-0.3, -0.25) is 14.4 Å². The minimum absolute atomic E-state index is 0.0594. The van der Waals surface area contributed by atoms with E-state index < -0.39 is 29.9 Å². The van der Waals surface area contributed by atoms with Gasteiger partial charge in [-0.2, -0.15) is 0 Å². The fourth-order valence-electron chi connectivity index (χ4n) is 1.48. The summed E-state index contributed by atoms with van der Waals surface area (Å²) in [6.07, 6.45) is -1.03. The highest BCUT2D eigenvalue weighted by Crippen LogP contribution is 2.05. The van der Waals surface area contributed by atoms with Crippen LogP contribution in [0.5, 0.6) is 0 Å². The predicted molar refractivity (Wildman–Crippen MR) is 78.0 cm³/mol. The fraction of sp³-hybridized carbons (Fsp3) is 0.714. The van der Waals surface area contributed by atoms with Crippen LogP contribution in [0, 0.1) is 5.92 Å². The molecule has 126 valence electrons. The third-order valence-corrected chi connectivity index (χ3v) is 2.75. The second-order valence-electron chi connectivity index (χ2n) is 5.19. The molecule has 0 aliphatic heterocycles. The molecule has 8 nitrogen and oxygen atoms in total. The van der Waals surface area contributed by atoms with E-state index in [-0.39, 0.29) is 24.9 Å². The number of esters is 1. The summed E-state index contributed by atoms with van der Waals surface area (Å²) >= 11 is 0. The maximum Gasteiger partial charge on any atom is 0.407 e. The zero-order chi connectivity index (χ0) is 17.3. The van der Waals surface area contributed by atoms with Crippen LogP contribution in [-0.4, -0.2) is 49.6 Å². The molecule has 22 heavy (non-hydrogen) atoms. The van der Waals surface area contributed by atoms with Gasteiger partial charge in [0.2, 0.25) is 5.91 Å². The Balaban J connectivity index is 4.25. The van der Waals surface area contributed by atoms with Crippen LogP contribution in [-0.2, 0) is 23.9 Å². The number of alkyl carbamates (subject to hydrolysis) is 1. The summed E-state index contributed by atoms with van der Waals surface area (Å²) in [4.78, 5) is 45.9. The molecular weight excluding hydrogens is 292 g/mol. The molecule has 2 unspecified atom stereocenters. The lowest BCUT2D eigenvalue weighted by molar-refractivity contribution is -0.141. The lowest BCUT2D eigenvalue weighted by Crippen LogP contribution is -2.41. The Morgan fingerprint density at radius 2 is 1.64 bits per heavy atom. The van der Waals surface area contributed by atoms with E-state index in [2.05, 4.69) is 15.4 Å². The van der Waals surface area contributed by atoms with Gasteiger partial charge in [-0.05, 0) is 20.8 Å². The number of hydrogen-bond acceptors (Lipinski definition) is 6. The van der Waals surface area contributed by atoms with Crippen LogP contribution in [0.4, 0.5) is 4.79 Å². The summed E-state index contributed by atoms with van der Waals surface area (Å²) in [6.45, 7) is 6.22. The summed E-state index contributed by atoms with van der Waals surface area (Å²) < 4.78 is 9.26. The van der Waals surface area contributed by atoms with Crippen LogP contribution in [0.1, 0.15) is 34.1 Å². The van der Waals surface area contributed by atoms with E-state index >= 15 is 0 Å². The first kappa shape index (κ1) is 19.9. The van der Waals surface area contributed by atoms with E-state index in [1.54, 1.807) is 20.8 Å². The smallest absolute Gasteiger partial charge is 0.407 e. The topological polar surface area (TPSA) is 111 Å². The molecular formula is C14H24N2O6. The fourth-order valence-corrected chi connectivity index (χ4v) is 1.48. The van der Waals surface area contributed by atoms with E-state index in [1.165, 1.54) is 14.0 Å². The van der Waals surface area contributed by atoms with E-state index in [1.807, 2.05) is 0 Å². The van der Waals surface area contributed by atoms with Gasteiger partial charge in [0.25, 0.3) is 0 Å². The molecule has 2 atom stereocenters. The average molecular weight is 316 g/mol. The highest BCUT2D eigenvalue weighted by atomic mass is 16.6. The molecule has 0 aromatic heterocycles. The SMILES string of the molecule is COC(=O)CNC(=O)C(C)CC(=O)C(C)NC(=O)OC(C)C. The average Bonchev–Trinajstić information content (AvgIpc) is 2.42. The molecule has 0 aromatic rings. The van der Waals surface area contributed by atoms with E-state index in [0.717, 1.165) is 0 Å². The normalized spacial score (nSPS) is 13.0. The standard InChI is InChI=1S/C14H24N2O6/c1-8(2)22-14(20)16-10(4)11(17)6-9(3)13(19)15-7-12(18)21-5/h8-10H,6-7H2,1-5H3,(H,15,19)(H,16,20). The molecule has 2 amide bonds. The van der Waals surface area contributed by atoms with Crippen LogP contribution in [0.3, 0.4) is 0 Å². The number of carbonyl (C=O) groups is 4. The van der Waals surface area contributed by atoms with Gasteiger partial charge in [0, 0.05) is 12.3 Å². The second-order valence-corrected chi connectivity index (χ2v) is 5.19. The lowest BCUT2D eigenvalue weighted by atomic mass is 10.0. The number of ether oxygens (including phenoxy) is 2. The van der Waals surface area contributed by atoms with Crippen molar-refractivity contribution in [2.24, 2.45) is 5.92 Å². The van der Waals surface area contributed by atoms with Crippen molar-refractivity contribution in [1.29, 1.82) is 0 Å². The van der Waals surface area contributed by atoms with Crippen molar-refractivity contribution < 1.29 is 28.7 Å². The first-order chi connectivity index (χ1) is 10.2. The van der Waals surface area contributed by atoms with Gasteiger partial charge in [0.05, 0.1) is 19.3 Å². The van der Waals surface area contributed by atoms with E-state index in [9.17, 15) is 19.2 Å². The molecule has 0 bridgehead atoms. The number of amides is 2. The molecule has 0 heterocycles. The highest BCUT2D eigenvalue weighted by Gasteiger charge is 2.23. The number of methoxy groups -OCH3 is 1. The zero-order valence-electron chi connectivity index (χ0n) is 13.6. The summed E-state index contributed by atoms with van der Waals surface area (Å²) in [5.74, 6) is -1.93. The molecule has 0 saturated carbocycles. The predicted octanol–water partition coefficient (Wildman–Crippen LogP) is 0.394. The maximum atomic E-state index is 11.9. The van der Waals surface area contributed by atoms with E-state index in [4.69, 9.17) is 4.74 Å². The van der Waals surface area contributed by atoms with Gasteiger partial charge in [0.1, 0.15) is 6.54 Å². The first-order valence-corrected chi connectivity index (χ1v) is 7.01. The molecule has 0 saturated heterocycles. The van der Waals surface area contributed by atoms with Crippen molar-refractivity contribution in [2.75, 3.05) is 13.7 Å². The molecule has 0 aliphatic rings. The van der Waals surface area contributed by atoms with Gasteiger partial charge in [0.15, 0.2) is 5.78 Å².